The predicted octanol–water partition coefficient (Wildman–Crippen LogP) is -1.43. The molecular formula is C2H9ClO3. The molecule has 0 spiro atoms. The fourth-order valence-corrected chi connectivity index (χ4v) is 0. The number of aliphatic hydroxyl groups excluding tert-OH is 2. The van der Waals surface area contributed by atoms with Gasteiger partial charge in [0.2, 0.25) is 0 Å². The molecule has 0 fully saturated rings. The Bertz CT molecular complexity index is 10.8. The van der Waals surface area contributed by atoms with Crippen molar-refractivity contribution in [2.45, 2.75) is 0 Å². The highest BCUT2D eigenvalue weighted by Crippen LogP contribution is 1.39. The van der Waals surface area contributed by atoms with E-state index in [4.69, 9.17) is 10.2 Å². The summed E-state index contributed by atoms with van der Waals surface area (Å²) in [6, 6.07) is 0. The van der Waals surface area contributed by atoms with Crippen LogP contribution in [0.25, 0.3) is 0 Å². The van der Waals surface area contributed by atoms with E-state index in [1.54, 1.807) is 0 Å². The molecule has 42 valence electrons. The minimum atomic E-state index is -0.125. The van der Waals surface area contributed by atoms with Crippen LogP contribution in [0.2, 0.25) is 0 Å². The summed E-state index contributed by atoms with van der Waals surface area (Å²) >= 11 is 0. The van der Waals surface area contributed by atoms with Crippen LogP contribution in [-0.4, -0.2) is 28.9 Å². The van der Waals surface area contributed by atoms with Gasteiger partial charge in [-0.05, 0) is 0 Å². The molecule has 0 radical (unpaired) electrons. The van der Waals surface area contributed by atoms with E-state index in [0.717, 1.165) is 0 Å². The van der Waals surface area contributed by atoms with E-state index in [0.29, 0.717) is 0 Å². The van der Waals surface area contributed by atoms with E-state index in [1.807, 2.05) is 0 Å². The number of rotatable bonds is 1. The first-order valence-corrected chi connectivity index (χ1v) is 1.13. The smallest absolute Gasteiger partial charge is 0.0662 e. The van der Waals surface area contributed by atoms with Crippen molar-refractivity contribution in [3.8, 4) is 0 Å². The molecule has 0 atom stereocenters. The summed E-state index contributed by atoms with van der Waals surface area (Å²) in [6.07, 6.45) is 0. The second-order valence-corrected chi connectivity index (χ2v) is 0.447. The standard InChI is InChI=1S/C2H6O2.ClH.H2O/c3-1-2-4;;/h3-4H,1-2H2;1H;1H2. The molecule has 0 rings (SSSR count). The lowest BCUT2D eigenvalue weighted by Crippen LogP contribution is -1.85. The van der Waals surface area contributed by atoms with Crippen LogP contribution in [0.4, 0.5) is 0 Å². The first-order chi connectivity index (χ1) is 1.91. The molecule has 0 saturated carbocycles. The number of hydrogen-bond donors (Lipinski definition) is 2. The zero-order valence-corrected chi connectivity index (χ0v) is 4.03. The van der Waals surface area contributed by atoms with Gasteiger partial charge in [0.05, 0.1) is 13.2 Å². The van der Waals surface area contributed by atoms with E-state index < -0.39 is 0 Å². The average Bonchev–Trinajstić information content (AvgIpc) is 1.37. The summed E-state index contributed by atoms with van der Waals surface area (Å²) in [6.45, 7) is -0.250. The van der Waals surface area contributed by atoms with E-state index >= 15 is 0 Å². The fraction of sp³-hybridized carbons (Fsp3) is 1.00. The van der Waals surface area contributed by atoms with Crippen molar-refractivity contribution in [2.24, 2.45) is 0 Å². The summed E-state index contributed by atoms with van der Waals surface area (Å²) in [5, 5.41) is 15.2. The summed E-state index contributed by atoms with van der Waals surface area (Å²) in [4.78, 5) is 0. The lowest BCUT2D eigenvalue weighted by Gasteiger charge is -1.70. The molecule has 0 unspecified atom stereocenters. The second kappa shape index (κ2) is 19.1. The Kier molecular flexibility index (Phi) is 52.2. The molecule has 0 aromatic carbocycles. The summed E-state index contributed by atoms with van der Waals surface area (Å²) in [5.41, 5.74) is 0. The minimum absolute atomic E-state index is 0. The molecule has 0 aromatic rings. The highest BCUT2D eigenvalue weighted by atomic mass is 35.5. The van der Waals surface area contributed by atoms with Crippen LogP contribution in [0, 0.1) is 0 Å². The van der Waals surface area contributed by atoms with Crippen molar-refractivity contribution in [1.29, 1.82) is 0 Å². The molecule has 0 aliphatic carbocycles. The molecule has 0 aliphatic heterocycles. The molecule has 3 nitrogen and oxygen atoms in total. The van der Waals surface area contributed by atoms with Crippen LogP contribution in [-0.2, 0) is 0 Å². The first-order valence-electron chi connectivity index (χ1n) is 1.13. The van der Waals surface area contributed by atoms with Crippen molar-refractivity contribution >= 4 is 12.4 Å². The van der Waals surface area contributed by atoms with Gasteiger partial charge in [0, 0.05) is 0 Å². The third-order valence-corrected chi connectivity index (χ3v) is 0.1000. The van der Waals surface area contributed by atoms with Gasteiger partial charge in [0.15, 0.2) is 0 Å². The SMILES string of the molecule is Cl.O.OCCO. The van der Waals surface area contributed by atoms with Gasteiger partial charge >= 0.3 is 0 Å². The Hall–Kier alpha value is 0.170. The van der Waals surface area contributed by atoms with Crippen LogP contribution >= 0.6 is 12.4 Å². The molecule has 0 aliphatic rings. The van der Waals surface area contributed by atoms with Crippen LogP contribution in [0.5, 0.6) is 0 Å². The van der Waals surface area contributed by atoms with Gasteiger partial charge in [0.1, 0.15) is 0 Å². The number of hydrogen-bond acceptors (Lipinski definition) is 2. The Morgan fingerprint density at radius 2 is 1.17 bits per heavy atom. The lowest BCUT2D eigenvalue weighted by atomic mass is 10.8. The van der Waals surface area contributed by atoms with Crippen LogP contribution in [0.15, 0.2) is 0 Å². The van der Waals surface area contributed by atoms with Gasteiger partial charge in [-0.15, -0.1) is 12.4 Å². The second-order valence-electron chi connectivity index (χ2n) is 0.447. The molecule has 0 heterocycles. The molecule has 0 bridgehead atoms. The Morgan fingerprint density at radius 3 is 1.17 bits per heavy atom. The topological polar surface area (TPSA) is 72.0 Å². The number of aliphatic hydroxyl groups is 2. The van der Waals surface area contributed by atoms with Gasteiger partial charge in [-0.1, -0.05) is 0 Å². The van der Waals surface area contributed by atoms with Gasteiger partial charge in [-0.25, -0.2) is 0 Å². The van der Waals surface area contributed by atoms with E-state index in [2.05, 4.69) is 0 Å². The zero-order chi connectivity index (χ0) is 3.41. The third kappa shape index (κ3) is 30.6. The normalized spacial score (nSPS) is 5.00. The van der Waals surface area contributed by atoms with E-state index in [-0.39, 0.29) is 31.1 Å². The Balaban J connectivity index is -0.0000000450. The largest absolute Gasteiger partial charge is 0.412 e. The van der Waals surface area contributed by atoms with Crippen molar-refractivity contribution in [2.75, 3.05) is 13.2 Å². The molecule has 0 amide bonds. The van der Waals surface area contributed by atoms with Gasteiger partial charge in [-0.2, -0.15) is 0 Å². The monoisotopic (exact) mass is 116 g/mol. The van der Waals surface area contributed by atoms with Crippen molar-refractivity contribution < 1.29 is 15.7 Å². The maximum atomic E-state index is 7.62. The van der Waals surface area contributed by atoms with Gasteiger partial charge in [0.25, 0.3) is 0 Å². The number of halogens is 1. The quantitative estimate of drug-likeness (QED) is 0.441. The molecule has 0 saturated heterocycles. The van der Waals surface area contributed by atoms with Crippen molar-refractivity contribution in [3.05, 3.63) is 0 Å². The molecular weight excluding hydrogens is 107 g/mol. The molecule has 4 N–H and O–H groups in total. The highest BCUT2D eigenvalue weighted by Gasteiger charge is 1.58. The Labute approximate surface area is 42.3 Å². The molecule has 4 heteroatoms. The maximum absolute atomic E-state index is 7.62. The predicted molar refractivity (Wildman–Crippen MR) is 25.0 cm³/mol. The maximum Gasteiger partial charge on any atom is 0.0662 e. The molecule has 6 heavy (non-hydrogen) atoms. The van der Waals surface area contributed by atoms with Crippen LogP contribution in [0.1, 0.15) is 0 Å². The van der Waals surface area contributed by atoms with Crippen LogP contribution in [0.3, 0.4) is 0 Å². The average molecular weight is 117 g/mol. The van der Waals surface area contributed by atoms with Gasteiger partial charge in [-0.3, -0.25) is 0 Å². The fourth-order valence-electron chi connectivity index (χ4n) is 0. The van der Waals surface area contributed by atoms with E-state index in [1.165, 1.54) is 0 Å². The van der Waals surface area contributed by atoms with Crippen molar-refractivity contribution in [3.63, 3.8) is 0 Å². The highest BCUT2D eigenvalue weighted by molar-refractivity contribution is 5.85. The Morgan fingerprint density at radius 1 is 1.00 bits per heavy atom. The summed E-state index contributed by atoms with van der Waals surface area (Å²) < 4.78 is 0. The first kappa shape index (κ1) is 16.4. The van der Waals surface area contributed by atoms with Crippen molar-refractivity contribution in [1.82, 2.24) is 0 Å². The lowest BCUT2D eigenvalue weighted by molar-refractivity contribution is 0.186. The summed E-state index contributed by atoms with van der Waals surface area (Å²) in [7, 11) is 0. The minimum Gasteiger partial charge on any atom is -0.412 e. The zero-order valence-electron chi connectivity index (χ0n) is 3.22. The van der Waals surface area contributed by atoms with Gasteiger partial charge < -0.3 is 15.7 Å². The third-order valence-electron chi connectivity index (χ3n) is 0.1000. The van der Waals surface area contributed by atoms with Crippen LogP contribution < -0.4 is 0 Å². The summed E-state index contributed by atoms with van der Waals surface area (Å²) in [5.74, 6) is 0. The van der Waals surface area contributed by atoms with E-state index in [9.17, 15) is 0 Å². The molecule has 0 aromatic heterocycles.